The van der Waals surface area contributed by atoms with Crippen molar-refractivity contribution in [2.24, 2.45) is 0 Å². The van der Waals surface area contributed by atoms with E-state index in [2.05, 4.69) is 20.9 Å². The van der Waals surface area contributed by atoms with Crippen molar-refractivity contribution in [1.82, 2.24) is 4.98 Å². The van der Waals surface area contributed by atoms with E-state index in [4.69, 9.17) is 4.74 Å². The second-order valence-electron chi connectivity index (χ2n) is 4.15. The topological polar surface area (TPSA) is 93.6 Å². The fraction of sp³-hybridized carbons (Fsp3) is 0.500. The predicted octanol–water partition coefficient (Wildman–Crippen LogP) is 1.49. The summed E-state index contributed by atoms with van der Waals surface area (Å²) >= 11 is 4.11. The van der Waals surface area contributed by atoms with Crippen molar-refractivity contribution in [2.45, 2.75) is 18.6 Å². The lowest BCUT2D eigenvalue weighted by Crippen LogP contribution is -2.26. The maximum Gasteiger partial charge on any atom is 0.359 e. The molecule has 1 aromatic heterocycles. The zero-order chi connectivity index (χ0) is 15.8. The van der Waals surface area contributed by atoms with Gasteiger partial charge in [-0.3, -0.25) is 9.69 Å². The van der Waals surface area contributed by atoms with Crippen LogP contribution in [0.5, 0.6) is 0 Å². The molecule has 2 heterocycles. The van der Waals surface area contributed by atoms with Gasteiger partial charge in [-0.05, 0) is 22.9 Å². The second kappa shape index (κ2) is 5.97. The lowest BCUT2D eigenvalue weighted by Gasteiger charge is -2.11. The minimum atomic E-state index is -4.79. The van der Waals surface area contributed by atoms with Crippen LogP contribution in [0, 0.1) is 0 Å². The number of amides is 1. The van der Waals surface area contributed by atoms with Crippen molar-refractivity contribution in [3.8, 4) is 0 Å². The number of ether oxygens (including phenoxy) is 1. The zero-order valence-electron chi connectivity index (χ0n) is 10.7. The summed E-state index contributed by atoms with van der Waals surface area (Å²) in [6.45, 7) is 1.49. The number of thiazole rings is 1. The molecule has 0 saturated carbocycles. The Bertz CT molecular complexity index is 690. The summed E-state index contributed by atoms with van der Waals surface area (Å²) in [6.07, 6.45) is -0.440. The molecule has 0 aliphatic carbocycles. The Balaban J connectivity index is 2.26. The first kappa shape index (κ1) is 16.3. The van der Waals surface area contributed by atoms with Gasteiger partial charge < -0.3 is 4.74 Å². The standard InChI is InChI=1S/C10H10BrFN2O5S2/c1-2-19-9(16)7-8(11)20-10(13-7)14-4-5(3-6(14)15)21(12,17)18/h5H,2-4H2,1H3. The van der Waals surface area contributed by atoms with Crippen molar-refractivity contribution < 1.29 is 26.6 Å². The van der Waals surface area contributed by atoms with Gasteiger partial charge in [0.1, 0.15) is 9.04 Å². The van der Waals surface area contributed by atoms with Gasteiger partial charge in [-0.15, -0.1) is 3.89 Å². The monoisotopic (exact) mass is 400 g/mol. The Labute approximate surface area is 132 Å². The molecule has 1 aromatic rings. The van der Waals surface area contributed by atoms with Gasteiger partial charge in [-0.1, -0.05) is 11.3 Å². The van der Waals surface area contributed by atoms with Crippen LogP contribution in [0.4, 0.5) is 9.02 Å². The van der Waals surface area contributed by atoms with Gasteiger partial charge in [0.15, 0.2) is 10.8 Å². The number of rotatable bonds is 4. The number of aromatic nitrogens is 1. The first-order valence-electron chi connectivity index (χ1n) is 5.81. The van der Waals surface area contributed by atoms with Crippen LogP contribution in [0.2, 0.25) is 0 Å². The molecule has 7 nitrogen and oxygen atoms in total. The van der Waals surface area contributed by atoms with E-state index in [1.807, 2.05) is 0 Å². The van der Waals surface area contributed by atoms with Crippen molar-refractivity contribution in [1.29, 1.82) is 0 Å². The molecule has 11 heteroatoms. The van der Waals surface area contributed by atoms with Gasteiger partial charge in [-0.2, -0.15) is 8.42 Å². The van der Waals surface area contributed by atoms with Crippen LogP contribution in [0.25, 0.3) is 0 Å². The number of esters is 1. The van der Waals surface area contributed by atoms with Crippen LogP contribution in [-0.2, 0) is 19.8 Å². The highest BCUT2D eigenvalue weighted by molar-refractivity contribution is 9.11. The van der Waals surface area contributed by atoms with Crippen LogP contribution in [0.1, 0.15) is 23.8 Å². The van der Waals surface area contributed by atoms with Crippen LogP contribution in [0.3, 0.4) is 0 Å². The van der Waals surface area contributed by atoms with E-state index in [0.717, 1.165) is 16.2 Å². The number of nitrogens with zero attached hydrogens (tertiary/aromatic N) is 2. The highest BCUT2D eigenvalue weighted by atomic mass is 79.9. The quantitative estimate of drug-likeness (QED) is 0.561. The third-order valence-electron chi connectivity index (χ3n) is 2.76. The molecule has 1 atom stereocenters. The Morgan fingerprint density at radius 3 is 2.81 bits per heavy atom. The molecular weight excluding hydrogens is 391 g/mol. The van der Waals surface area contributed by atoms with Crippen LogP contribution in [0.15, 0.2) is 3.79 Å². The van der Waals surface area contributed by atoms with Gasteiger partial charge in [0.05, 0.1) is 6.61 Å². The van der Waals surface area contributed by atoms with Gasteiger partial charge >= 0.3 is 16.2 Å². The molecule has 116 valence electrons. The summed E-state index contributed by atoms with van der Waals surface area (Å²) in [4.78, 5) is 28.4. The summed E-state index contributed by atoms with van der Waals surface area (Å²) < 4.78 is 39.9. The Hall–Kier alpha value is -1.07. The molecular formula is C10H10BrFN2O5S2. The lowest BCUT2D eigenvalue weighted by atomic mass is 10.4. The van der Waals surface area contributed by atoms with Gasteiger partial charge in [-0.25, -0.2) is 9.78 Å². The molecule has 1 amide bonds. The highest BCUT2D eigenvalue weighted by Crippen LogP contribution is 2.34. The average Bonchev–Trinajstić information content (AvgIpc) is 2.92. The zero-order valence-corrected chi connectivity index (χ0v) is 13.9. The summed E-state index contributed by atoms with van der Waals surface area (Å²) in [5, 5.41) is -1.28. The fourth-order valence-electron chi connectivity index (χ4n) is 1.78. The molecule has 2 rings (SSSR count). The first-order valence-corrected chi connectivity index (χ1v) is 8.87. The van der Waals surface area contributed by atoms with Crippen molar-refractivity contribution in [3.05, 3.63) is 9.48 Å². The number of halogens is 2. The van der Waals surface area contributed by atoms with E-state index in [9.17, 15) is 21.9 Å². The third kappa shape index (κ3) is 3.40. The van der Waals surface area contributed by atoms with E-state index in [1.54, 1.807) is 6.92 Å². The first-order chi connectivity index (χ1) is 9.74. The summed E-state index contributed by atoms with van der Waals surface area (Å²) in [5.74, 6) is -1.22. The van der Waals surface area contributed by atoms with E-state index >= 15 is 0 Å². The molecule has 0 bridgehead atoms. The largest absolute Gasteiger partial charge is 0.461 e. The summed E-state index contributed by atoms with van der Waals surface area (Å²) in [6, 6.07) is 0. The van der Waals surface area contributed by atoms with Crippen molar-refractivity contribution in [2.75, 3.05) is 18.1 Å². The maximum atomic E-state index is 13.0. The van der Waals surface area contributed by atoms with Gasteiger partial charge in [0.25, 0.3) is 0 Å². The molecule has 1 aliphatic heterocycles. The van der Waals surface area contributed by atoms with Crippen LogP contribution < -0.4 is 4.90 Å². The lowest BCUT2D eigenvalue weighted by molar-refractivity contribution is -0.117. The number of hydrogen-bond acceptors (Lipinski definition) is 7. The Kier molecular flexibility index (Phi) is 4.63. The molecule has 0 radical (unpaired) electrons. The van der Waals surface area contributed by atoms with Crippen LogP contribution >= 0.6 is 27.3 Å². The maximum absolute atomic E-state index is 13.0. The van der Waals surface area contributed by atoms with E-state index in [1.165, 1.54) is 0 Å². The van der Waals surface area contributed by atoms with E-state index < -0.39 is 33.8 Å². The van der Waals surface area contributed by atoms with Gasteiger partial charge in [0, 0.05) is 13.0 Å². The highest BCUT2D eigenvalue weighted by Gasteiger charge is 2.40. The normalized spacial score (nSPS) is 19.1. The molecule has 1 saturated heterocycles. The molecule has 1 fully saturated rings. The number of carbonyl (C=O) groups excluding carboxylic acids is 2. The van der Waals surface area contributed by atoms with E-state index in [0.29, 0.717) is 3.79 Å². The number of carbonyl (C=O) groups is 2. The number of anilines is 1. The van der Waals surface area contributed by atoms with E-state index in [-0.39, 0.29) is 24.0 Å². The van der Waals surface area contributed by atoms with Crippen molar-refractivity contribution >= 4 is 54.5 Å². The molecule has 21 heavy (non-hydrogen) atoms. The summed E-state index contributed by atoms with van der Waals surface area (Å²) in [7, 11) is -4.79. The average molecular weight is 401 g/mol. The van der Waals surface area contributed by atoms with Crippen molar-refractivity contribution in [3.63, 3.8) is 0 Å². The number of hydrogen-bond donors (Lipinski definition) is 0. The Morgan fingerprint density at radius 2 is 2.29 bits per heavy atom. The predicted molar refractivity (Wildman–Crippen MR) is 76.6 cm³/mol. The third-order valence-corrected chi connectivity index (χ3v) is 5.60. The molecule has 0 aromatic carbocycles. The molecule has 0 spiro atoms. The molecule has 1 aliphatic rings. The SMILES string of the molecule is CCOC(=O)c1nc(N2CC(S(=O)(=O)F)CC2=O)sc1Br. The van der Waals surface area contributed by atoms with Crippen LogP contribution in [-0.4, -0.2) is 43.7 Å². The minimum Gasteiger partial charge on any atom is -0.461 e. The van der Waals surface area contributed by atoms with Gasteiger partial charge in [0.2, 0.25) is 5.91 Å². The fourth-order valence-corrected chi connectivity index (χ4v) is 3.94. The molecule has 0 N–H and O–H groups in total. The summed E-state index contributed by atoms with van der Waals surface area (Å²) in [5.41, 5.74) is -0.00351. The smallest absolute Gasteiger partial charge is 0.359 e. The minimum absolute atomic E-state index is 0.00351. The Morgan fingerprint density at radius 1 is 1.62 bits per heavy atom. The second-order valence-corrected chi connectivity index (χ2v) is 8.06. The molecule has 1 unspecified atom stereocenters.